The summed E-state index contributed by atoms with van der Waals surface area (Å²) >= 11 is 1.39. The zero-order valence-corrected chi connectivity index (χ0v) is 11.5. The van der Waals surface area contributed by atoms with Gasteiger partial charge in [-0.2, -0.15) is 0 Å². The summed E-state index contributed by atoms with van der Waals surface area (Å²) in [7, 11) is 0. The second-order valence-electron chi connectivity index (χ2n) is 4.14. The molecule has 2 aromatic rings. The van der Waals surface area contributed by atoms with E-state index in [0.29, 0.717) is 16.3 Å². The maximum Gasteiger partial charge on any atom is 0.265 e. The highest BCUT2D eigenvalue weighted by Gasteiger charge is 2.09. The second-order valence-corrected chi connectivity index (χ2v) is 5.09. The number of rotatable bonds is 3. The third kappa shape index (κ3) is 3.42. The maximum absolute atomic E-state index is 12.0. The average Bonchev–Trinajstić information content (AvgIpc) is 2.86. The van der Waals surface area contributed by atoms with E-state index in [0.717, 1.165) is 5.56 Å². The number of anilines is 2. The molecule has 0 saturated carbocycles. The summed E-state index contributed by atoms with van der Waals surface area (Å²) in [6.45, 7) is 3.35. The van der Waals surface area contributed by atoms with E-state index in [1.165, 1.54) is 18.3 Å². The van der Waals surface area contributed by atoms with Crippen molar-refractivity contribution in [2.24, 2.45) is 0 Å². The van der Waals surface area contributed by atoms with Gasteiger partial charge in [0, 0.05) is 18.3 Å². The molecule has 1 aromatic heterocycles. The first-order valence-electron chi connectivity index (χ1n) is 5.79. The van der Waals surface area contributed by atoms with Crippen LogP contribution in [-0.4, -0.2) is 11.8 Å². The van der Waals surface area contributed by atoms with E-state index in [-0.39, 0.29) is 11.8 Å². The minimum atomic E-state index is -0.141. The molecule has 0 radical (unpaired) electrons. The summed E-state index contributed by atoms with van der Waals surface area (Å²) in [6, 6.07) is 9.02. The molecule has 2 rings (SSSR count). The topological polar surface area (TPSA) is 58.2 Å². The van der Waals surface area contributed by atoms with Crippen LogP contribution in [0.2, 0.25) is 0 Å². The van der Waals surface area contributed by atoms with Crippen LogP contribution in [0, 0.1) is 6.92 Å². The van der Waals surface area contributed by atoms with Crippen molar-refractivity contribution >= 4 is 34.5 Å². The molecule has 2 amide bonds. The van der Waals surface area contributed by atoms with E-state index < -0.39 is 0 Å². The SMILES string of the molecule is CC(=O)Nc1ccc(C)c(NC(=O)c2cccs2)c1. The Morgan fingerprint density at radius 2 is 1.95 bits per heavy atom. The number of thiophene rings is 1. The zero-order chi connectivity index (χ0) is 13.8. The van der Waals surface area contributed by atoms with Crippen molar-refractivity contribution in [2.45, 2.75) is 13.8 Å². The second kappa shape index (κ2) is 5.67. The molecule has 0 saturated heterocycles. The van der Waals surface area contributed by atoms with E-state index in [2.05, 4.69) is 10.6 Å². The lowest BCUT2D eigenvalue weighted by molar-refractivity contribution is -0.114. The molecule has 0 spiro atoms. The Balaban J connectivity index is 2.19. The van der Waals surface area contributed by atoms with E-state index in [4.69, 9.17) is 0 Å². The predicted octanol–water partition coefficient (Wildman–Crippen LogP) is 3.27. The normalized spacial score (nSPS) is 10.0. The molecule has 5 heteroatoms. The van der Waals surface area contributed by atoms with Gasteiger partial charge in [-0.3, -0.25) is 9.59 Å². The molecule has 1 aromatic carbocycles. The van der Waals surface area contributed by atoms with Crippen LogP contribution in [0.15, 0.2) is 35.7 Å². The fraction of sp³-hybridized carbons (Fsp3) is 0.143. The molecule has 98 valence electrons. The summed E-state index contributed by atoms with van der Waals surface area (Å²) in [5.74, 6) is -0.280. The first-order chi connectivity index (χ1) is 9.06. The molecule has 0 atom stereocenters. The van der Waals surface area contributed by atoms with Crippen LogP contribution < -0.4 is 10.6 Å². The largest absolute Gasteiger partial charge is 0.326 e. The minimum Gasteiger partial charge on any atom is -0.326 e. The Hall–Kier alpha value is -2.14. The van der Waals surface area contributed by atoms with Crippen LogP contribution in [0.5, 0.6) is 0 Å². The van der Waals surface area contributed by atoms with Crippen molar-refractivity contribution in [3.63, 3.8) is 0 Å². The number of hydrogen-bond donors (Lipinski definition) is 2. The highest BCUT2D eigenvalue weighted by Crippen LogP contribution is 2.21. The third-order valence-electron chi connectivity index (χ3n) is 2.55. The Bertz CT molecular complexity index is 606. The number of carbonyl (C=O) groups is 2. The molecule has 0 unspecified atom stereocenters. The molecule has 0 bridgehead atoms. The number of hydrogen-bond acceptors (Lipinski definition) is 3. The maximum atomic E-state index is 12.0. The van der Waals surface area contributed by atoms with Gasteiger partial charge >= 0.3 is 0 Å². The lowest BCUT2D eigenvalue weighted by Crippen LogP contribution is -2.12. The first-order valence-corrected chi connectivity index (χ1v) is 6.67. The summed E-state index contributed by atoms with van der Waals surface area (Å²) < 4.78 is 0. The van der Waals surface area contributed by atoms with Gasteiger partial charge < -0.3 is 10.6 Å². The van der Waals surface area contributed by atoms with Gasteiger partial charge in [0.05, 0.1) is 4.88 Å². The Morgan fingerprint density at radius 1 is 1.16 bits per heavy atom. The Labute approximate surface area is 115 Å². The first kappa shape index (κ1) is 13.3. The molecule has 1 heterocycles. The quantitative estimate of drug-likeness (QED) is 0.902. The van der Waals surface area contributed by atoms with Crippen molar-refractivity contribution in [2.75, 3.05) is 10.6 Å². The fourth-order valence-corrected chi connectivity index (χ4v) is 2.25. The van der Waals surface area contributed by atoms with Crippen molar-refractivity contribution in [1.82, 2.24) is 0 Å². The number of nitrogens with one attached hydrogen (secondary N) is 2. The van der Waals surface area contributed by atoms with Crippen molar-refractivity contribution in [3.8, 4) is 0 Å². The average molecular weight is 274 g/mol. The van der Waals surface area contributed by atoms with E-state index in [1.54, 1.807) is 18.2 Å². The lowest BCUT2D eigenvalue weighted by atomic mass is 10.1. The molecule has 0 aliphatic rings. The smallest absolute Gasteiger partial charge is 0.265 e. The van der Waals surface area contributed by atoms with Crippen molar-refractivity contribution in [1.29, 1.82) is 0 Å². The van der Waals surface area contributed by atoms with Crippen LogP contribution in [0.1, 0.15) is 22.2 Å². The summed E-state index contributed by atoms with van der Waals surface area (Å²) in [6.07, 6.45) is 0. The van der Waals surface area contributed by atoms with Gasteiger partial charge in [0.2, 0.25) is 5.91 Å². The summed E-state index contributed by atoms with van der Waals surface area (Å²) in [5.41, 5.74) is 2.31. The molecular formula is C14H14N2O2S. The van der Waals surface area contributed by atoms with Gasteiger partial charge in [-0.25, -0.2) is 0 Å². The summed E-state index contributed by atoms with van der Waals surface area (Å²) in [4.78, 5) is 23.7. The van der Waals surface area contributed by atoms with Crippen molar-refractivity contribution in [3.05, 3.63) is 46.2 Å². The van der Waals surface area contributed by atoms with Crippen LogP contribution in [-0.2, 0) is 4.79 Å². The van der Waals surface area contributed by atoms with Crippen LogP contribution >= 0.6 is 11.3 Å². The van der Waals surface area contributed by atoms with Crippen LogP contribution in [0.4, 0.5) is 11.4 Å². The van der Waals surface area contributed by atoms with Crippen LogP contribution in [0.3, 0.4) is 0 Å². The zero-order valence-electron chi connectivity index (χ0n) is 10.7. The van der Waals surface area contributed by atoms with E-state index >= 15 is 0 Å². The number of aryl methyl sites for hydroxylation is 1. The number of carbonyl (C=O) groups excluding carboxylic acids is 2. The van der Waals surface area contributed by atoms with E-state index in [1.807, 2.05) is 24.4 Å². The molecule has 0 fully saturated rings. The van der Waals surface area contributed by atoms with Crippen molar-refractivity contribution < 1.29 is 9.59 Å². The highest BCUT2D eigenvalue weighted by molar-refractivity contribution is 7.12. The molecule has 0 aliphatic heterocycles. The molecular weight excluding hydrogens is 260 g/mol. The Kier molecular flexibility index (Phi) is 3.97. The lowest BCUT2D eigenvalue weighted by Gasteiger charge is -2.10. The predicted molar refractivity (Wildman–Crippen MR) is 77.8 cm³/mol. The fourth-order valence-electron chi connectivity index (χ4n) is 1.63. The van der Waals surface area contributed by atoms with Crippen LogP contribution in [0.25, 0.3) is 0 Å². The third-order valence-corrected chi connectivity index (χ3v) is 3.42. The van der Waals surface area contributed by atoms with Gasteiger partial charge in [-0.1, -0.05) is 12.1 Å². The van der Waals surface area contributed by atoms with Gasteiger partial charge in [-0.05, 0) is 36.1 Å². The monoisotopic (exact) mass is 274 g/mol. The molecule has 0 aliphatic carbocycles. The highest BCUT2D eigenvalue weighted by atomic mass is 32.1. The van der Waals surface area contributed by atoms with Gasteiger partial charge in [-0.15, -0.1) is 11.3 Å². The minimum absolute atomic E-state index is 0.139. The van der Waals surface area contributed by atoms with E-state index in [9.17, 15) is 9.59 Å². The Morgan fingerprint density at radius 3 is 2.58 bits per heavy atom. The molecule has 2 N–H and O–H groups in total. The van der Waals surface area contributed by atoms with Gasteiger partial charge in [0.1, 0.15) is 0 Å². The number of benzene rings is 1. The van der Waals surface area contributed by atoms with Gasteiger partial charge in [0.25, 0.3) is 5.91 Å². The molecule has 19 heavy (non-hydrogen) atoms. The summed E-state index contributed by atoms with van der Waals surface area (Å²) in [5, 5.41) is 7.40. The standard InChI is InChI=1S/C14H14N2O2S/c1-9-5-6-11(15-10(2)17)8-12(9)16-14(18)13-4-3-7-19-13/h3-8H,1-2H3,(H,15,17)(H,16,18). The van der Waals surface area contributed by atoms with Gasteiger partial charge in [0.15, 0.2) is 0 Å². The molecule has 4 nitrogen and oxygen atoms in total. The number of amides is 2.